The minimum absolute atomic E-state index is 0.0633. The number of carbonyl (C=O) groups is 1. The number of carbonyl (C=O) groups excluding carboxylic acids is 1. The van der Waals surface area contributed by atoms with E-state index in [1.165, 1.54) is 11.0 Å². The second kappa shape index (κ2) is 6.67. The molecule has 1 aromatic heterocycles. The highest BCUT2D eigenvalue weighted by molar-refractivity contribution is 5.76. The quantitative estimate of drug-likeness (QED) is 0.793. The molecule has 2 aliphatic heterocycles. The van der Waals surface area contributed by atoms with E-state index < -0.39 is 11.5 Å². The van der Waals surface area contributed by atoms with Crippen LogP contribution in [0.4, 0.5) is 8.78 Å². The molecule has 0 aromatic carbocycles. The van der Waals surface area contributed by atoms with E-state index in [9.17, 15) is 18.7 Å². The molecule has 1 atom stereocenters. The first kappa shape index (κ1) is 17.2. The first-order valence-electron chi connectivity index (χ1n) is 8.16. The second-order valence-electron chi connectivity index (χ2n) is 6.74. The van der Waals surface area contributed by atoms with E-state index in [-0.39, 0.29) is 44.8 Å². The lowest BCUT2D eigenvalue weighted by Gasteiger charge is -2.36. The van der Waals surface area contributed by atoms with Crippen molar-refractivity contribution in [2.75, 3.05) is 32.7 Å². The molecule has 3 rings (SSSR count). The monoisotopic (exact) mass is 344 g/mol. The van der Waals surface area contributed by atoms with Crippen molar-refractivity contribution in [2.45, 2.75) is 43.8 Å². The number of alkyl halides is 2. The summed E-state index contributed by atoms with van der Waals surface area (Å²) >= 11 is 0. The first-order valence-corrected chi connectivity index (χ1v) is 8.16. The summed E-state index contributed by atoms with van der Waals surface area (Å²) in [5.74, 6) is -2.65. The highest BCUT2D eigenvalue weighted by Crippen LogP contribution is 2.30. The number of aromatic nitrogens is 4. The van der Waals surface area contributed by atoms with Crippen LogP contribution in [0.3, 0.4) is 0 Å². The molecular formula is C14H22F2N6O2. The first-order chi connectivity index (χ1) is 11.4. The molecule has 2 fully saturated rings. The van der Waals surface area contributed by atoms with E-state index in [4.69, 9.17) is 0 Å². The van der Waals surface area contributed by atoms with Gasteiger partial charge in [-0.15, -0.1) is 5.10 Å². The van der Waals surface area contributed by atoms with Crippen LogP contribution in [0.15, 0.2) is 6.33 Å². The highest BCUT2D eigenvalue weighted by Gasteiger charge is 2.41. The Labute approximate surface area is 138 Å². The van der Waals surface area contributed by atoms with Crippen LogP contribution in [0.5, 0.6) is 0 Å². The third kappa shape index (κ3) is 4.23. The smallest absolute Gasteiger partial charge is 0.250 e. The van der Waals surface area contributed by atoms with Crippen molar-refractivity contribution in [3.8, 4) is 0 Å². The average molecular weight is 344 g/mol. The summed E-state index contributed by atoms with van der Waals surface area (Å²) in [6.45, 7) is 2.01. The van der Waals surface area contributed by atoms with Crippen LogP contribution >= 0.6 is 0 Å². The molecule has 0 unspecified atom stereocenters. The summed E-state index contributed by atoms with van der Waals surface area (Å²) in [4.78, 5) is 15.7. The summed E-state index contributed by atoms with van der Waals surface area (Å²) < 4.78 is 27.9. The van der Waals surface area contributed by atoms with Crippen LogP contribution in [-0.2, 0) is 11.3 Å². The summed E-state index contributed by atoms with van der Waals surface area (Å²) in [6.07, 6.45) is 1.84. The van der Waals surface area contributed by atoms with Crippen LogP contribution < -0.4 is 0 Å². The van der Waals surface area contributed by atoms with Crippen molar-refractivity contribution in [3.05, 3.63) is 6.33 Å². The van der Waals surface area contributed by atoms with Gasteiger partial charge in [-0.1, -0.05) is 0 Å². The van der Waals surface area contributed by atoms with Gasteiger partial charge in [-0.05, 0) is 16.8 Å². The number of β-amino-alcohol motifs (C(OH)–C–C–N with tert-alkyl or cyclic N) is 1. The Morgan fingerprint density at radius 2 is 1.96 bits per heavy atom. The topological polar surface area (TPSA) is 87.4 Å². The number of tetrazole rings is 1. The van der Waals surface area contributed by atoms with Crippen LogP contribution in [-0.4, -0.2) is 85.3 Å². The van der Waals surface area contributed by atoms with Crippen LogP contribution in [0.2, 0.25) is 0 Å². The Morgan fingerprint density at radius 3 is 2.62 bits per heavy atom. The van der Waals surface area contributed by atoms with Crippen molar-refractivity contribution in [2.24, 2.45) is 0 Å². The van der Waals surface area contributed by atoms with Gasteiger partial charge in [0.05, 0.1) is 18.7 Å². The Hall–Kier alpha value is -1.68. The Kier molecular flexibility index (Phi) is 4.77. The van der Waals surface area contributed by atoms with Crippen molar-refractivity contribution >= 4 is 5.91 Å². The number of rotatable bonds is 5. The molecule has 2 saturated heterocycles. The molecule has 3 heterocycles. The molecule has 0 saturated carbocycles. The van der Waals surface area contributed by atoms with E-state index in [1.807, 2.05) is 4.90 Å². The van der Waals surface area contributed by atoms with Gasteiger partial charge in [-0.3, -0.25) is 9.69 Å². The molecule has 0 aliphatic carbocycles. The van der Waals surface area contributed by atoms with Crippen molar-refractivity contribution in [3.63, 3.8) is 0 Å². The molecule has 1 N–H and O–H groups in total. The number of amides is 1. The van der Waals surface area contributed by atoms with Gasteiger partial charge in [0.25, 0.3) is 5.92 Å². The summed E-state index contributed by atoms with van der Waals surface area (Å²) in [5.41, 5.74) is -1.02. The largest absolute Gasteiger partial charge is 0.387 e. The zero-order chi connectivity index (χ0) is 17.2. The Bertz CT molecular complexity index is 560. The van der Waals surface area contributed by atoms with Crippen molar-refractivity contribution in [1.29, 1.82) is 0 Å². The zero-order valence-corrected chi connectivity index (χ0v) is 13.4. The maximum Gasteiger partial charge on any atom is 0.250 e. The molecular weight excluding hydrogens is 322 g/mol. The molecule has 0 bridgehead atoms. The molecule has 24 heavy (non-hydrogen) atoms. The van der Waals surface area contributed by atoms with Crippen molar-refractivity contribution in [1.82, 2.24) is 30.0 Å². The maximum atomic E-state index is 13.2. The number of halogens is 2. The third-order valence-electron chi connectivity index (χ3n) is 4.74. The van der Waals surface area contributed by atoms with Gasteiger partial charge in [0.15, 0.2) is 0 Å². The standard InChI is InChI=1S/C14H22F2N6O2/c15-14(16)3-6-20(7-4-14)9-13(24)2-8-21(10-13)12(23)1-5-22-11-17-18-19-22/h11,24H,1-10H2/t13-/m1/s1. The molecule has 134 valence electrons. The van der Waals surface area contributed by atoms with Crippen LogP contribution in [0.1, 0.15) is 25.7 Å². The van der Waals surface area contributed by atoms with Gasteiger partial charge in [-0.2, -0.15) is 0 Å². The number of likely N-dealkylation sites (tertiary alicyclic amines) is 2. The lowest BCUT2D eigenvalue weighted by atomic mass is 10.00. The highest BCUT2D eigenvalue weighted by atomic mass is 19.3. The summed E-state index contributed by atoms with van der Waals surface area (Å²) in [5, 5.41) is 21.4. The van der Waals surface area contributed by atoms with E-state index in [2.05, 4.69) is 15.5 Å². The third-order valence-corrected chi connectivity index (χ3v) is 4.74. The molecule has 2 aliphatic rings. The van der Waals surface area contributed by atoms with E-state index in [0.717, 1.165) is 0 Å². The Morgan fingerprint density at radius 1 is 1.21 bits per heavy atom. The van der Waals surface area contributed by atoms with Gasteiger partial charge in [0.2, 0.25) is 5.91 Å². The number of aliphatic hydroxyl groups is 1. The van der Waals surface area contributed by atoms with Gasteiger partial charge in [-0.25, -0.2) is 13.5 Å². The molecule has 8 nitrogen and oxygen atoms in total. The second-order valence-corrected chi connectivity index (χ2v) is 6.74. The molecule has 0 spiro atoms. The van der Waals surface area contributed by atoms with E-state index >= 15 is 0 Å². The number of hydrogen-bond donors (Lipinski definition) is 1. The fourth-order valence-electron chi connectivity index (χ4n) is 3.30. The zero-order valence-electron chi connectivity index (χ0n) is 13.4. The number of nitrogens with zero attached hydrogens (tertiary/aromatic N) is 6. The van der Waals surface area contributed by atoms with Gasteiger partial charge >= 0.3 is 0 Å². The normalized spacial score (nSPS) is 27.5. The van der Waals surface area contributed by atoms with E-state index in [1.54, 1.807) is 4.90 Å². The molecule has 10 heteroatoms. The number of aryl methyl sites for hydroxylation is 1. The van der Waals surface area contributed by atoms with Crippen molar-refractivity contribution < 1.29 is 18.7 Å². The predicted octanol–water partition coefficient (Wildman–Crippen LogP) is -0.242. The predicted molar refractivity (Wildman–Crippen MR) is 79.2 cm³/mol. The fourth-order valence-corrected chi connectivity index (χ4v) is 3.30. The van der Waals surface area contributed by atoms with Gasteiger partial charge < -0.3 is 10.0 Å². The van der Waals surface area contributed by atoms with Crippen LogP contribution in [0.25, 0.3) is 0 Å². The van der Waals surface area contributed by atoms with E-state index in [0.29, 0.717) is 26.1 Å². The van der Waals surface area contributed by atoms with Crippen LogP contribution in [0, 0.1) is 0 Å². The fraction of sp³-hybridized carbons (Fsp3) is 0.857. The molecule has 0 radical (unpaired) electrons. The summed E-state index contributed by atoms with van der Waals surface area (Å²) in [6, 6.07) is 0. The Balaban J connectivity index is 1.46. The average Bonchev–Trinajstić information content (AvgIpc) is 3.17. The minimum Gasteiger partial charge on any atom is -0.387 e. The molecule has 1 amide bonds. The minimum atomic E-state index is -2.59. The number of hydrogen-bond acceptors (Lipinski definition) is 6. The van der Waals surface area contributed by atoms with Gasteiger partial charge in [0, 0.05) is 45.4 Å². The SMILES string of the molecule is O=C(CCn1cnnn1)N1CC[C@@](O)(CN2CCC(F)(F)CC2)C1. The molecule has 1 aromatic rings. The number of piperidine rings is 1. The maximum absolute atomic E-state index is 13.2. The lowest BCUT2D eigenvalue weighted by molar-refractivity contribution is -0.131. The lowest BCUT2D eigenvalue weighted by Crippen LogP contribution is -2.49. The van der Waals surface area contributed by atoms with Gasteiger partial charge in [0.1, 0.15) is 6.33 Å². The summed E-state index contributed by atoms with van der Waals surface area (Å²) in [7, 11) is 0.